The normalized spacial score (nSPS) is 11.5. The lowest BCUT2D eigenvalue weighted by atomic mass is 10.4. The fourth-order valence-corrected chi connectivity index (χ4v) is 2.85. The maximum absolute atomic E-state index is 12.4. The second-order valence-corrected chi connectivity index (χ2v) is 7.04. The van der Waals surface area contributed by atoms with Crippen LogP contribution in [0.4, 0.5) is 0 Å². The number of carbonyl (C=O) groups excluding carboxylic acids is 1. The number of thioether (sulfide) groups is 1. The maximum atomic E-state index is 12.4. The fraction of sp³-hybridized carbons (Fsp3) is 0.765. The van der Waals surface area contributed by atoms with Gasteiger partial charge in [-0.15, -0.1) is 10.2 Å². The van der Waals surface area contributed by atoms with E-state index in [4.69, 9.17) is 0 Å². The lowest BCUT2D eigenvalue weighted by Crippen LogP contribution is -2.46. The molecule has 1 heterocycles. The van der Waals surface area contributed by atoms with Crippen LogP contribution in [-0.4, -0.2) is 81.7 Å². The largest absolute Gasteiger partial charge is 0.356 e. The van der Waals surface area contributed by atoms with E-state index in [9.17, 15) is 4.79 Å². The van der Waals surface area contributed by atoms with E-state index in [1.807, 2.05) is 61.0 Å². The molecule has 0 saturated carbocycles. The van der Waals surface area contributed by atoms with Gasteiger partial charge in [-0.25, -0.2) is 4.99 Å². The Morgan fingerprint density at radius 3 is 2.54 bits per heavy atom. The van der Waals surface area contributed by atoms with Crippen molar-refractivity contribution in [3.05, 3.63) is 11.6 Å². The first-order valence-electron chi connectivity index (χ1n) is 9.05. The Labute approximate surface area is 161 Å². The molecule has 148 valence electrons. The van der Waals surface area contributed by atoms with Crippen LogP contribution in [0.3, 0.4) is 0 Å². The number of carbonyl (C=O) groups is 1. The molecule has 0 bridgehead atoms. The average molecular weight is 384 g/mol. The molecule has 0 aliphatic carbocycles. The Hall–Kier alpha value is -1.77. The molecule has 8 nitrogen and oxygen atoms in total. The van der Waals surface area contributed by atoms with Gasteiger partial charge in [0.2, 0.25) is 5.91 Å². The summed E-state index contributed by atoms with van der Waals surface area (Å²) in [6, 6.07) is 0. The molecule has 0 aliphatic rings. The summed E-state index contributed by atoms with van der Waals surface area (Å²) in [5.41, 5.74) is 0. The molecule has 0 radical (unpaired) electrons. The summed E-state index contributed by atoms with van der Waals surface area (Å²) in [5, 5.41) is 11.6. The molecule has 0 saturated heterocycles. The van der Waals surface area contributed by atoms with Crippen molar-refractivity contribution in [3.63, 3.8) is 0 Å². The third-order valence-corrected chi connectivity index (χ3v) is 4.91. The predicted molar refractivity (Wildman–Crippen MR) is 108 cm³/mol. The van der Waals surface area contributed by atoms with Gasteiger partial charge in [-0.1, -0.05) is 0 Å². The molecule has 0 fully saturated rings. The van der Waals surface area contributed by atoms with Crippen molar-refractivity contribution in [1.82, 2.24) is 29.9 Å². The number of aromatic nitrogens is 3. The van der Waals surface area contributed by atoms with E-state index in [0.717, 1.165) is 43.5 Å². The van der Waals surface area contributed by atoms with Crippen molar-refractivity contribution >= 4 is 23.6 Å². The van der Waals surface area contributed by atoms with Gasteiger partial charge in [0.1, 0.15) is 12.4 Å². The maximum Gasteiger partial charge on any atom is 0.242 e. The fourth-order valence-electron chi connectivity index (χ4n) is 2.42. The number of rotatable bonds is 10. The smallest absolute Gasteiger partial charge is 0.242 e. The number of amides is 1. The highest BCUT2D eigenvalue weighted by Gasteiger charge is 2.15. The molecule has 1 rings (SSSR count). The molecule has 0 aromatic carbocycles. The van der Waals surface area contributed by atoms with Gasteiger partial charge in [0, 0.05) is 33.7 Å². The second-order valence-electron chi connectivity index (χ2n) is 6.06. The van der Waals surface area contributed by atoms with Crippen LogP contribution in [0.5, 0.6) is 0 Å². The van der Waals surface area contributed by atoms with Crippen LogP contribution in [0.1, 0.15) is 31.9 Å². The third-order valence-electron chi connectivity index (χ3n) is 4.21. The second kappa shape index (κ2) is 11.8. The monoisotopic (exact) mass is 383 g/mol. The van der Waals surface area contributed by atoms with Crippen LogP contribution in [0.2, 0.25) is 0 Å². The number of guanidine groups is 1. The molecule has 0 spiro atoms. The highest BCUT2D eigenvalue weighted by atomic mass is 32.2. The van der Waals surface area contributed by atoms with Gasteiger partial charge in [0.25, 0.3) is 0 Å². The van der Waals surface area contributed by atoms with E-state index in [1.165, 1.54) is 0 Å². The molecule has 26 heavy (non-hydrogen) atoms. The topological polar surface area (TPSA) is 78.7 Å². The Kier molecular flexibility index (Phi) is 10.1. The highest BCUT2D eigenvalue weighted by Crippen LogP contribution is 2.01. The van der Waals surface area contributed by atoms with Crippen molar-refractivity contribution in [2.24, 2.45) is 12.0 Å². The Balaban J connectivity index is 2.80. The SMILES string of the molecule is CCN(CC)C(=O)CN(C)C(=NCc1nnc(C)n1C)NCCCSC. The molecule has 9 heteroatoms. The van der Waals surface area contributed by atoms with Crippen LogP contribution in [0.25, 0.3) is 0 Å². The van der Waals surface area contributed by atoms with Crippen LogP contribution in [-0.2, 0) is 18.4 Å². The van der Waals surface area contributed by atoms with E-state index in [2.05, 4.69) is 26.8 Å². The Bertz CT molecular complexity index is 584. The van der Waals surface area contributed by atoms with Crippen LogP contribution < -0.4 is 5.32 Å². The average Bonchev–Trinajstić information content (AvgIpc) is 2.94. The Morgan fingerprint density at radius 2 is 2.00 bits per heavy atom. The van der Waals surface area contributed by atoms with Crippen LogP contribution >= 0.6 is 11.8 Å². The molecule has 0 unspecified atom stereocenters. The van der Waals surface area contributed by atoms with Crippen LogP contribution in [0.15, 0.2) is 4.99 Å². The minimum Gasteiger partial charge on any atom is -0.356 e. The van der Waals surface area contributed by atoms with Crippen molar-refractivity contribution in [3.8, 4) is 0 Å². The number of aryl methyl sites for hydroxylation is 1. The lowest BCUT2D eigenvalue weighted by Gasteiger charge is -2.26. The van der Waals surface area contributed by atoms with Crippen molar-refractivity contribution < 1.29 is 4.79 Å². The minimum atomic E-state index is 0.102. The number of nitrogens with zero attached hydrogens (tertiary/aromatic N) is 6. The summed E-state index contributed by atoms with van der Waals surface area (Å²) in [4.78, 5) is 20.8. The van der Waals surface area contributed by atoms with Gasteiger partial charge in [-0.2, -0.15) is 11.8 Å². The first-order valence-corrected chi connectivity index (χ1v) is 10.4. The van der Waals surface area contributed by atoms with Gasteiger partial charge in [0.15, 0.2) is 11.8 Å². The standard InChI is InChI=1S/C17H33N7OS/c1-7-24(8-2)16(25)13-22(4)17(18-10-9-11-26-6)19-12-15-21-20-14(3)23(15)5/h7-13H2,1-6H3,(H,18,19). The van der Waals surface area contributed by atoms with E-state index < -0.39 is 0 Å². The summed E-state index contributed by atoms with van der Waals surface area (Å²) >= 11 is 1.82. The molecular formula is C17H33N7OS. The summed E-state index contributed by atoms with van der Waals surface area (Å²) < 4.78 is 1.93. The van der Waals surface area contributed by atoms with Gasteiger partial charge in [0.05, 0.1) is 6.54 Å². The first kappa shape index (κ1) is 22.3. The number of hydrogen-bond donors (Lipinski definition) is 1. The molecule has 1 aromatic rings. The van der Waals surface area contributed by atoms with Crippen molar-refractivity contribution in [1.29, 1.82) is 0 Å². The zero-order valence-electron chi connectivity index (χ0n) is 16.9. The predicted octanol–water partition coefficient (Wildman–Crippen LogP) is 1.12. The molecule has 1 amide bonds. The summed E-state index contributed by atoms with van der Waals surface area (Å²) in [5.74, 6) is 3.56. The highest BCUT2D eigenvalue weighted by molar-refractivity contribution is 7.98. The van der Waals surface area contributed by atoms with E-state index in [-0.39, 0.29) is 5.91 Å². The lowest BCUT2D eigenvalue weighted by molar-refractivity contribution is -0.131. The van der Waals surface area contributed by atoms with Crippen molar-refractivity contribution in [2.75, 3.05) is 45.2 Å². The molecular weight excluding hydrogens is 350 g/mol. The Morgan fingerprint density at radius 1 is 1.31 bits per heavy atom. The van der Waals surface area contributed by atoms with Crippen molar-refractivity contribution in [2.45, 2.75) is 33.7 Å². The zero-order valence-corrected chi connectivity index (χ0v) is 17.8. The molecule has 1 aromatic heterocycles. The molecule has 0 atom stereocenters. The van der Waals surface area contributed by atoms with E-state index in [0.29, 0.717) is 19.0 Å². The molecule has 0 aliphatic heterocycles. The van der Waals surface area contributed by atoms with Gasteiger partial charge < -0.3 is 19.7 Å². The van der Waals surface area contributed by atoms with Gasteiger partial charge >= 0.3 is 0 Å². The minimum absolute atomic E-state index is 0.102. The number of nitrogens with one attached hydrogen (secondary N) is 1. The van der Waals surface area contributed by atoms with E-state index in [1.54, 1.807) is 0 Å². The molecule has 1 N–H and O–H groups in total. The number of likely N-dealkylation sites (N-methyl/N-ethyl adjacent to an activating group) is 2. The summed E-state index contributed by atoms with van der Waals surface area (Å²) in [6.45, 7) is 8.88. The summed E-state index contributed by atoms with van der Waals surface area (Å²) in [7, 11) is 3.82. The zero-order chi connectivity index (χ0) is 19.5. The summed E-state index contributed by atoms with van der Waals surface area (Å²) in [6.07, 6.45) is 3.14. The van der Waals surface area contributed by atoms with Crippen LogP contribution in [0, 0.1) is 6.92 Å². The van der Waals surface area contributed by atoms with Gasteiger partial charge in [-0.05, 0) is 39.2 Å². The number of hydrogen-bond acceptors (Lipinski definition) is 5. The third kappa shape index (κ3) is 6.86. The van der Waals surface area contributed by atoms with Gasteiger partial charge in [-0.3, -0.25) is 4.79 Å². The number of aliphatic imine (C=N–C) groups is 1. The first-order chi connectivity index (χ1) is 12.4. The quantitative estimate of drug-likeness (QED) is 0.371. The van der Waals surface area contributed by atoms with E-state index >= 15 is 0 Å².